The van der Waals surface area contributed by atoms with Crippen molar-refractivity contribution in [3.8, 4) is 0 Å². The summed E-state index contributed by atoms with van der Waals surface area (Å²) >= 11 is 0. The summed E-state index contributed by atoms with van der Waals surface area (Å²) in [4.78, 5) is 28.4. The SMILES string of the molecule is Cc1cc(C(=O)N2CCN(C(=O)C3CC3)CC2)c(C)n1C. The van der Waals surface area contributed by atoms with E-state index in [1.807, 2.05) is 41.3 Å². The molecule has 2 fully saturated rings. The molecule has 1 saturated heterocycles. The summed E-state index contributed by atoms with van der Waals surface area (Å²) in [6.45, 7) is 6.62. The Kier molecular flexibility index (Phi) is 3.51. The van der Waals surface area contributed by atoms with Crippen LogP contribution in [0.2, 0.25) is 0 Å². The number of rotatable bonds is 2. The van der Waals surface area contributed by atoms with E-state index >= 15 is 0 Å². The Morgan fingerprint density at radius 2 is 1.62 bits per heavy atom. The van der Waals surface area contributed by atoms with Crippen LogP contribution in [0.4, 0.5) is 0 Å². The van der Waals surface area contributed by atoms with Gasteiger partial charge in [-0.15, -0.1) is 0 Å². The van der Waals surface area contributed by atoms with E-state index < -0.39 is 0 Å². The van der Waals surface area contributed by atoms with Gasteiger partial charge in [-0.1, -0.05) is 0 Å². The second-order valence-corrected chi connectivity index (χ2v) is 6.24. The van der Waals surface area contributed by atoms with Crippen molar-refractivity contribution in [3.05, 3.63) is 23.0 Å². The van der Waals surface area contributed by atoms with E-state index in [9.17, 15) is 9.59 Å². The Labute approximate surface area is 125 Å². The van der Waals surface area contributed by atoms with E-state index in [0.717, 1.165) is 29.8 Å². The second-order valence-electron chi connectivity index (χ2n) is 6.24. The molecule has 0 N–H and O–H groups in total. The van der Waals surface area contributed by atoms with Crippen LogP contribution in [-0.4, -0.2) is 52.4 Å². The number of aryl methyl sites for hydroxylation is 1. The van der Waals surface area contributed by atoms with Gasteiger partial charge in [0.15, 0.2) is 0 Å². The molecule has 0 bridgehead atoms. The van der Waals surface area contributed by atoms with E-state index in [-0.39, 0.29) is 17.7 Å². The predicted molar refractivity (Wildman–Crippen MR) is 80.1 cm³/mol. The van der Waals surface area contributed by atoms with Gasteiger partial charge in [-0.05, 0) is 32.8 Å². The molecule has 1 aliphatic carbocycles. The van der Waals surface area contributed by atoms with Crippen LogP contribution in [0.3, 0.4) is 0 Å². The van der Waals surface area contributed by atoms with Crippen LogP contribution in [0.15, 0.2) is 6.07 Å². The number of aromatic nitrogens is 1. The molecule has 2 aliphatic rings. The lowest BCUT2D eigenvalue weighted by molar-refractivity contribution is -0.134. The smallest absolute Gasteiger partial charge is 0.255 e. The Morgan fingerprint density at radius 3 is 2.10 bits per heavy atom. The predicted octanol–water partition coefficient (Wildman–Crippen LogP) is 1.34. The number of carbonyl (C=O) groups is 2. The van der Waals surface area contributed by atoms with E-state index in [2.05, 4.69) is 0 Å². The minimum atomic E-state index is 0.0923. The van der Waals surface area contributed by atoms with Gasteiger partial charge in [0.1, 0.15) is 0 Å². The molecule has 114 valence electrons. The molecular weight excluding hydrogens is 266 g/mol. The third-order valence-electron chi connectivity index (χ3n) is 4.81. The third kappa shape index (κ3) is 2.57. The largest absolute Gasteiger partial charge is 0.351 e. The Bertz CT molecular complexity index is 579. The van der Waals surface area contributed by atoms with Crippen molar-refractivity contribution in [2.45, 2.75) is 26.7 Å². The zero-order chi connectivity index (χ0) is 15.1. The maximum atomic E-state index is 12.6. The normalized spacial score (nSPS) is 19.0. The summed E-state index contributed by atoms with van der Waals surface area (Å²) in [6, 6.07) is 1.96. The lowest BCUT2D eigenvalue weighted by Crippen LogP contribution is -2.51. The van der Waals surface area contributed by atoms with E-state index in [1.165, 1.54) is 0 Å². The van der Waals surface area contributed by atoms with Crippen LogP contribution >= 0.6 is 0 Å². The van der Waals surface area contributed by atoms with Gasteiger partial charge in [0, 0.05) is 50.5 Å². The fraction of sp³-hybridized carbons (Fsp3) is 0.625. The van der Waals surface area contributed by atoms with Crippen LogP contribution in [-0.2, 0) is 11.8 Å². The lowest BCUT2D eigenvalue weighted by Gasteiger charge is -2.35. The molecule has 3 rings (SSSR count). The first kappa shape index (κ1) is 14.2. The molecule has 0 spiro atoms. The van der Waals surface area contributed by atoms with Crippen molar-refractivity contribution in [3.63, 3.8) is 0 Å². The zero-order valence-corrected chi connectivity index (χ0v) is 13.1. The van der Waals surface area contributed by atoms with Gasteiger partial charge >= 0.3 is 0 Å². The van der Waals surface area contributed by atoms with Crippen molar-refractivity contribution < 1.29 is 9.59 Å². The topological polar surface area (TPSA) is 45.6 Å². The van der Waals surface area contributed by atoms with Crippen LogP contribution in [0.1, 0.15) is 34.6 Å². The highest BCUT2D eigenvalue weighted by Crippen LogP contribution is 2.31. The van der Waals surface area contributed by atoms with E-state index in [1.54, 1.807) is 0 Å². The molecule has 1 saturated carbocycles. The van der Waals surface area contributed by atoms with Gasteiger partial charge in [0.2, 0.25) is 5.91 Å². The van der Waals surface area contributed by atoms with Crippen molar-refractivity contribution in [1.82, 2.24) is 14.4 Å². The molecule has 21 heavy (non-hydrogen) atoms. The molecule has 1 aliphatic heterocycles. The van der Waals surface area contributed by atoms with Gasteiger partial charge in [-0.3, -0.25) is 9.59 Å². The van der Waals surface area contributed by atoms with Crippen LogP contribution < -0.4 is 0 Å². The number of hydrogen-bond donors (Lipinski definition) is 0. The van der Waals surface area contributed by atoms with Crippen LogP contribution in [0, 0.1) is 19.8 Å². The number of hydrogen-bond acceptors (Lipinski definition) is 2. The molecule has 0 atom stereocenters. The molecular formula is C16H23N3O2. The summed E-state index contributed by atoms with van der Waals surface area (Å²) in [6.07, 6.45) is 2.08. The summed E-state index contributed by atoms with van der Waals surface area (Å²) in [5, 5.41) is 0. The first-order valence-corrected chi connectivity index (χ1v) is 7.70. The maximum absolute atomic E-state index is 12.6. The van der Waals surface area contributed by atoms with Crippen molar-refractivity contribution in [1.29, 1.82) is 0 Å². The molecule has 0 unspecified atom stereocenters. The average molecular weight is 289 g/mol. The molecule has 0 radical (unpaired) electrons. The Morgan fingerprint density at radius 1 is 1.05 bits per heavy atom. The van der Waals surface area contributed by atoms with Crippen molar-refractivity contribution in [2.24, 2.45) is 13.0 Å². The van der Waals surface area contributed by atoms with Crippen LogP contribution in [0.5, 0.6) is 0 Å². The fourth-order valence-electron chi connectivity index (χ4n) is 2.96. The molecule has 5 heteroatoms. The highest BCUT2D eigenvalue weighted by atomic mass is 16.2. The summed E-state index contributed by atoms with van der Waals surface area (Å²) in [5.74, 6) is 0.648. The number of nitrogens with zero attached hydrogens (tertiary/aromatic N) is 3. The highest BCUT2D eigenvalue weighted by molar-refractivity contribution is 5.96. The molecule has 1 aromatic rings. The highest BCUT2D eigenvalue weighted by Gasteiger charge is 2.35. The Balaban J connectivity index is 1.64. The maximum Gasteiger partial charge on any atom is 0.255 e. The number of piperazine rings is 1. The van der Waals surface area contributed by atoms with E-state index in [0.29, 0.717) is 26.2 Å². The molecule has 1 aromatic heterocycles. The van der Waals surface area contributed by atoms with Crippen molar-refractivity contribution in [2.75, 3.05) is 26.2 Å². The lowest BCUT2D eigenvalue weighted by atomic mass is 10.2. The average Bonchev–Trinajstić information content (AvgIpc) is 3.31. The molecule has 0 aromatic carbocycles. The van der Waals surface area contributed by atoms with Gasteiger partial charge < -0.3 is 14.4 Å². The monoisotopic (exact) mass is 289 g/mol. The molecule has 2 amide bonds. The zero-order valence-electron chi connectivity index (χ0n) is 13.1. The minimum Gasteiger partial charge on any atom is -0.351 e. The third-order valence-corrected chi connectivity index (χ3v) is 4.81. The minimum absolute atomic E-state index is 0.0923. The molecule has 5 nitrogen and oxygen atoms in total. The van der Waals surface area contributed by atoms with Gasteiger partial charge in [0.05, 0.1) is 5.56 Å². The first-order chi connectivity index (χ1) is 9.99. The second kappa shape index (κ2) is 5.20. The quantitative estimate of drug-likeness (QED) is 0.824. The number of amides is 2. The number of carbonyl (C=O) groups excluding carboxylic acids is 2. The first-order valence-electron chi connectivity index (χ1n) is 7.70. The summed E-state index contributed by atoms with van der Waals surface area (Å²) in [5.41, 5.74) is 2.89. The van der Waals surface area contributed by atoms with Crippen molar-refractivity contribution >= 4 is 11.8 Å². The summed E-state index contributed by atoms with van der Waals surface area (Å²) < 4.78 is 2.04. The van der Waals surface area contributed by atoms with Gasteiger partial charge in [-0.2, -0.15) is 0 Å². The summed E-state index contributed by atoms with van der Waals surface area (Å²) in [7, 11) is 1.98. The molecule has 2 heterocycles. The fourth-order valence-corrected chi connectivity index (χ4v) is 2.96. The standard InChI is InChI=1S/C16H23N3O2/c1-11-10-14(12(2)17(11)3)16(21)19-8-6-18(7-9-19)15(20)13-4-5-13/h10,13H,4-9H2,1-3H3. The van der Waals surface area contributed by atoms with E-state index in [4.69, 9.17) is 0 Å². The van der Waals surface area contributed by atoms with Crippen LogP contribution in [0.25, 0.3) is 0 Å². The Hall–Kier alpha value is -1.78. The van der Waals surface area contributed by atoms with Gasteiger partial charge in [-0.25, -0.2) is 0 Å². The van der Waals surface area contributed by atoms with Gasteiger partial charge in [0.25, 0.3) is 5.91 Å².